The van der Waals surface area contributed by atoms with E-state index in [-0.39, 0.29) is 5.28 Å². The molecule has 3 rings (SSSR count). The highest BCUT2D eigenvalue weighted by molar-refractivity contribution is 7.16. The fourth-order valence-electron chi connectivity index (χ4n) is 2.19. The number of ether oxygens (including phenoxy) is 1. The Morgan fingerprint density at radius 3 is 2.62 bits per heavy atom. The van der Waals surface area contributed by atoms with Crippen LogP contribution in [0.4, 0.5) is 0 Å². The molecule has 0 atom stereocenters. The number of nitrogens with zero attached hydrogens (tertiary/aromatic N) is 2. The summed E-state index contributed by atoms with van der Waals surface area (Å²) in [6.45, 7) is 3.78. The number of aryl methyl sites for hydroxylation is 2. The van der Waals surface area contributed by atoms with Gasteiger partial charge < -0.3 is 4.74 Å². The molecule has 0 saturated heterocycles. The molecule has 0 aliphatic carbocycles. The third kappa shape index (κ3) is 2.62. The fraction of sp³-hybridized carbons (Fsp3) is 0.133. The Hall–Kier alpha value is -1.98. The first-order chi connectivity index (χ1) is 10.1. The maximum absolute atomic E-state index is 10.9. The molecule has 0 unspecified atom stereocenters. The molecule has 0 aliphatic heterocycles. The highest BCUT2D eigenvalue weighted by Gasteiger charge is 2.13. The van der Waals surface area contributed by atoms with Gasteiger partial charge in [0.25, 0.3) is 0 Å². The van der Waals surface area contributed by atoms with Crippen molar-refractivity contribution in [1.82, 2.24) is 9.97 Å². The Kier molecular flexibility index (Phi) is 3.61. The maximum Gasteiger partial charge on any atom is 0.232 e. The number of carbonyl (C=O) groups excluding carboxylic acids is 1. The number of halogens is 1. The lowest BCUT2D eigenvalue weighted by Crippen LogP contribution is -1.96. The molecule has 0 saturated carbocycles. The Balaban J connectivity index is 2.10. The first-order valence-electron chi connectivity index (χ1n) is 6.23. The van der Waals surface area contributed by atoms with E-state index < -0.39 is 0 Å². The molecule has 0 fully saturated rings. The first kappa shape index (κ1) is 14.0. The Bertz CT molecular complexity index is 822. The van der Waals surface area contributed by atoms with E-state index in [0.29, 0.717) is 17.2 Å². The lowest BCUT2D eigenvalue weighted by atomic mass is 10.1. The van der Waals surface area contributed by atoms with Crippen LogP contribution in [0.15, 0.2) is 23.6 Å². The van der Waals surface area contributed by atoms with Crippen molar-refractivity contribution >= 4 is 39.4 Å². The van der Waals surface area contributed by atoms with Crippen LogP contribution in [0, 0.1) is 13.8 Å². The molecule has 0 bridgehead atoms. The van der Waals surface area contributed by atoms with Crippen LogP contribution in [0.5, 0.6) is 11.6 Å². The first-order valence-corrected chi connectivity index (χ1v) is 7.49. The van der Waals surface area contributed by atoms with Gasteiger partial charge in [0.05, 0.1) is 5.39 Å². The average molecular weight is 319 g/mol. The van der Waals surface area contributed by atoms with Gasteiger partial charge in [0, 0.05) is 5.56 Å². The van der Waals surface area contributed by atoms with Crippen LogP contribution >= 0.6 is 22.9 Å². The van der Waals surface area contributed by atoms with E-state index in [2.05, 4.69) is 9.97 Å². The second-order valence-corrected chi connectivity index (χ2v) is 5.87. The van der Waals surface area contributed by atoms with Gasteiger partial charge in [-0.05, 0) is 60.2 Å². The second-order valence-electron chi connectivity index (χ2n) is 4.64. The van der Waals surface area contributed by atoms with E-state index >= 15 is 0 Å². The molecule has 2 aromatic heterocycles. The number of hydrogen-bond acceptors (Lipinski definition) is 5. The predicted octanol–water partition coefficient (Wildman–Crippen LogP) is 4.57. The van der Waals surface area contributed by atoms with Crippen molar-refractivity contribution in [1.29, 1.82) is 0 Å². The molecule has 4 nitrogen and oxygen atoms in total. The van der Waals surface area contributed by atoms with Crippen LogP contribution in [-0.2, 0) is 0 Å². The largest absolute Gasteiger partial charge is 0.438 e. The van der Waals surface area contributed by atoms with Gasteiger partial charge in [-0.1, -0.05) is 0 Å². The van der Waals surface area contributed by atoms with E-state index in [1.165, 1.54) is 11.3 Å². The number of rotatable bonds is 3. The summed E-state index contributed by atoms with van der Waals surface area (Å²) in [5.41, 5.74) is 2.36. The van der Waals surface area contributed by atoms with Gasteiger partial charge in [0.2, 0.25) is 11.2 Å². The van der Waals surface area contributed by atoms with Crippen LogP contribution in [-0.4, -0.2) is 16.3 Å². The van der Waals surface area contributed by atoms with Gasteiger partial charge in [0.15, 0.2) is 0 Å². The molecule has 1 aromatic carbocycles. The van der Waals surface area contributed by atoms with E-state index in [4.69, 9.17) is 16.3 Å². The number of benzene rings is 1. The molecule has 6 heteroatoms. The minimum absolute atomic E-state index is 0.153. The van der Waals surface area contributed by atoms with Gasteiger partial charge >= 0.3 is 0 Å². The van der Waals surface area contributed by atoms with Crippen LogP contribution < -0.4 is 4.74 Å². The number of carbonyl (C=O) groups is 1. The average Bonchev–Trinajstić information content (AvgIpc) is 2.90. The molecule has 2 heterocycles. The van der Waals surface area contributed by atoms with Crippen molar-refractivity contribution in [2.75, 3.05) is 0 Å². The van der Waals surface area contributed by atoms with Crippen LogP contribution in [0.1, 0.15) is 21.5 Å². The summed E-state index contributed by atoms with van der Waals surface area (Å²) < 4.78 is 5.95. The third-order valence-electron chi connectivity index (χ3n) is 3.08. The molecular weight excluding hydrogens is 308 g/mol. The van der Waals surface area contributed by atoms with Crippen molar-refractivity contribution in [2.45, 2.75) is 13.8 Å². The number of fused-ring (bicyclic) bond motifs is 1. The quantitative estimate of drug-likeness (QED) is 0.524. The van der Waals surface area contributed by atoms with E-state index in [1.807, 2.05) is 25.3 Å². The second kappa shape index (κ2) is 5.42. The van der Waals surface area contributed by atoms with E-state index in [9.17, 15) is 4.79 Å². The third-order valence-corrected chi connectivity index (χ3v) is 4.06. The van der Waals surface area contributed by atoms with Crippen molar-refractivity contribution in [3.63, 3.8) is 0 Å². The van der Waals surface area contributed by atoms with Crippen LogP contribution in [0.25, 0.3) is 10.2 Å². The van der Waals surface area contributed by atoms with Gasteiger partial charge in [-0.25, -0.2) is 4.98 Å². The van der Waals surface area contributed by atoms with Crippen molar-refractivity contribution in [3.05, 3.63) is 45.6 Å². The highest BCUT2D eigenvalue weighted by atomic mass is 35.5. The summed E-state index contributed by atoms with van der Waals surface area (Å²) >= 11 is 7.41. The zero-order valence-corrected chi connectivity index (χ0v) is 13.0. The maximum atomic E-state index is 10.9. The summed E-state index contributed by atoms with van der Waals surface area (Å²) in [4.78, 5) is 20.0. The highest BCUT2D eigenvalue weighted by Crippen LogP contribution is 2.34. The SMILES string of the molecule is Cc1cc(C=O)cc(C)c1Oc1nc(Cl)nc2sccc12. The molecule has 0 radical (unpaired) electrons. The number of aromatic nitrogens is 2. The summed E-state index contributed by atoms with van der Waals surface area (Å²) in [5.74, 6) is 1.11. The normalized spacial score (nSPS) is 10.8. The standard InChI is InChI=1S/C15H11ClN2O2S/c1-8-5-10(7-19)6-9(2)12(8)20-13-11-3-4-21-14(11)18-15(16)17-13/h3-7H,1-2H3. The van der Waals surface area contributed by atoms with Gasteiger partial charge in [-0.2, -0.15) is 4.98 Å². The van der Waals surface area contributed by atoms with Crippen molar-refractivity contribution < 1.29 is 9.53 Å². The topological polar surface area (TPSA) is 52.1 Å². The Morgan fingerprint density at radius 1 is 1.24 bits per heavy atom. The summed E-state index contributed by atoms with van der Waals surface area (Å²) in [6, 6.07) is 5.46. The number of aldehydes is 1. The smallest absolute Gasteiger partial charge is 0.232 e. The molecular formula is C15H11ClN2O2S. The molecule has 106 valence electrons. The summed E-state index contributed by atoms with van der Waals surface area (Å²) in [7, 11) is 0. The molecule has 0 N–H and O–H groups in total. The van der Waals surface area contributed by atoms with Crippen molar-refractivity contribution in [2.24, 2.45) is 0 Å². The molecule has 0 aliphatic rings. The summed E-state index contributed by atoms with van der Waals surface area (Å²) in [6.07, 6.45) is 0.822. The number of thiophene rings is 1. The fourth-order valence-corrected chi connectivity index (χ4v) is 3.16. The molecule has 3 aromatic rings. The zero-order chi connectivity index (χ0) is 15.0. The zero-order valence-electron chi connectivity index (χ0n) is 11.4. The summed E-state index contributed by atoms with van der Waals surface area (Å²) in [5, 5.41) is 2.89. The molecule has 0 spiro atoms. The van der Waals surface area contributed by atoms with Gasteiger partial charge in [-0.3, -0.25) is 4.79 Å². The minimum Gasteiger partial charge on any atom is -0.438 e. The lowest BCUT2D eigenvalue weighted by Gasteiger charge is -2.12. The Labute approximate surface area is 130 Å². The molecule has 21 heavy (non-hydrogen) atoms. The van der Waals surface area contributed by atoms with Crippen LogP contribution in [0.2, 0.25) is 5.28 Å². The monoisotopic (exact) mass is 318 g/mol. The lowest BCUT2D eigenvalue weighted by molar-refractivity contribution is 0.112. The Morgan fingerprint density at radius 2 is 1.95 bits per heavy atom. The number of hydrogen-bond donors (Lipinski definition) is 0. The van der Waals surface area contributed by atoms with Crippen molar-refractivity contribution in [3.8, 4) is 11.6 Å². The van der Waals surface area contributed by atoms with Crippen LogP contribution in [0.3, 0.4) is 0 Å². The van der Waals surface area contributed by atoms with E-state index in [1.54, 1.807) is 12.1 Å². The van der Waals surface area contributed by atoms with Gasteiger partial charge in [0.1, 0.15) is 16.9 Å². The molecule has 0 amide bonds. The predicted molar refractivity (Wildman–Crippen MR) is 83.8 cm³/mol. The minimum atomic E-state index is 0.153. The van der Waals surface area contributed by atoms with Gasteiger partial charge in [-0.15, -0.1) is 11.3 Å². The van der Waals surface area contributed by atoms with E-state index in [0.717, 1.165) is 27.6 Å².